The van der Waals surface area contributed by atoms with Crippen LogP contribution in [0.2, 0.25) is 0 Å². The van der Waals surface area contributed by atoms with Gasteiger partial charge in [-0.05, 0) is 86.6 Å². The van der Waals surface area contributed by atoms with Crippen molar-refractivity contribution in [3.8, 4) is 68.3 Å². The SMILES string of the molecule is CCO.CCO.O=[N+]([O-])[O-].O=[N+]([O-])[O-].O=[N+]([O-])[O-].O=[N+]([O-])[O-].[Zn+2].[Zn+2].c1cncc(-c2nnc(-c3cccnc3)nn2)c1.c1cncc(-c2nnc(-c3cccnc3)nn2)c1.c1cncc(-c2nnc(-c3cccnc3)nn2)c1. The summed E-state index contributed by atoms with van der Waals surface area (Å²) in [6, 6.07) is 22.0. The molecule has 0 radical (unpaired) electrons. The van der Waals surface area contributed by atoms with Gasteiger partial charge >= 0.3 is 39.0 Å². The fourth-order valence-corrected chi connectivity index (χ4v) is 4.35. The van der Waals surface area contributed by atoms with Gasteiger partial charge in [-0.1, -0.05) is 0 Å². The van der Waals surface area contributed by atoms with Gasteiger partial charge in [-0.2, -0.15) is 0 Å². The molecule has 0 aliphatic heterocycles. The summed E-state index contributed by atoms with van der Waals surface area (Å²) < 4.78 is 0. The van der Waals surface area contributed by atoms with Crippen LogP contribution in [0.3, 0.4) is 0 Å². The molecular weight excluding hydrogens is 1140 g/mol. The Balaban J connectivity index is 0. The summed E-state index contributed by atoms with van der Waals surface area (Å²) in [6.45, 7) is 3.86. The molecule has 0 fully saturated rings. The second-order valence-electron chi connectivity index (χ2n) is 12.1. The Bertz CT molecular complexity index is 2440. The molecule has 36 nitrogen and oxygen atoms in total. The first-order valence-electron chi connectivity index (χ1n) is 20.2. The van der Waals surface area contributed by atoms with Crippen LogP contribution in [0.1, 0.15) is 13.8 Å². The molecule has 0 aliphatic rings. The number of hydrogen-bond donors (Lipinski definition) is 2. The van der Waals surface area contributed by atoms with Crippen LogP contribution in [-0.4, -0.2) is 135 Å². The maximum atomic E-state index is 8.25. The van der Waals surface area contributed by atoms with E-state index in [0.717, 1.165) is 33.4 Å². The number of nitrogens with zero attached hydrogens (tertiary/aromatic N) is 22. The molecule has 0 saturated carbocycles. The number of hydrogen-bond acceptors (Lipinski definition) is 32. The molecule has 394 valence electrons. The first-order valence-corrected chi connectivity index (χ1v) is 20.2. The minimum absolute atomic E-state index is 0. The zero-order valence-corrected chi connectivity index (χ0v) is 46.3. The van der Waals surface area contributed by atoms with E-state index >= 15 is 0 Å². The number of rotatable bonds is 6. The summed E-state index contributed by atoms with van der Waals surface area (Å²) >= 11 is 0. The van der Waals surface area contributed by atoms with E-state index in [9.17, 15) is 0 Å². The maximum Gasteiger partial charge on any atom is 2.00 e. The third kappa shape index (κ3) is 32.7. The molecule has 0 aromatic carbocycles. The van der Waals surface area contributed by atoms with Gasteiger partial charge in [0, 0.05) is 121 Å². The molecule has 38 heteroatoms. The van der Waals surface area contributed by atoms with E-state index in [1.54, 1.807) is 88.2 Å². The number of pyridine rings is 6. The van der Waals surface area contributed by atoms with Crippen LogP contribution in [-0.2, 0) is 39.0 Å². The quantitative estimate of drug-likeness (QED) is 0.137. The monoisotopic (exact) mass is 1180 g/mol. The number of aliphatic hydroxyl groups is 2. The van der Waals surface area contributed by atoms with E-state index in [0.29, 0.717) is 34.9 Å². The average molecular weight is 1180 g/mol. The number of aliphatic hydroxyl groups excluding tert-OH is 2. The van der Waals surface area contributed by atoms with Crippen LogP contribution < -0.4 is 0 Å². The summed E-state index contributed by atoms with van der Waals surface area (Å²) in [7, 11) is 0. The van der Waals surface area contributed by atoms with Crippen LogP contribution in [0, 0.1) is 61.3 Å². The average Bonchev–Trinajstić information content (AvgIpc) is 3.43. The van der Waals surface area contributed by atoms with Crippen LogP contribution in [0.15, 0.2) is 147 Å². The van der Waals surface area contributed by atoms with Crippen molar-refractivity contribution in [2.75, 3.05) is 13.2 Å². The molecule has 9 aromatic heterocycles. The minimum Gasteiger partial charge on any atom is -0.397 e. The third-order valence-corrected chi connectivity index (χ3v) is 6.96. The molecule has 9 rings (SSSR count). The van der Waals surface area contributed by atoms with Gasteiger partial charge in [0.05, 0.1) is 20.3 Å². The van der Waals surface area contributed by atoms with Crippen molar-refractivity contribution in [1.29, 1.82) is 0 Å². The topological polar surface area (TPSA) is 537 Å². The predicted octanol–water partition coefficient (Wildman–Crippen LogP) is 3.21. The Morgan fingerprint density at radius 2 is 0.410 bits per heavy atom. The maximum absolute atomic E-state index is 8.25. The van der Waals surface area contributed by atoms with Crippen LogP contribution >= 0.6 is 0 Å². The summed E-state index contributed by atoms with van der Waals surface area (Å²) in [5.74, 6) is 2.73. The Hall–Kier alpha value is -10.3. The molecule has 9 heterocycles. The Labute approximate surface area is 462 Å². The minimum atomic E-state index is -1.75. The van der Waals surface area contributed by atoms with Crippen molar-refractivity contribution in [2.24, 2.45) is 0 Å². The molecule has 2 N–H and O–H groups in total. The fraction of sp³-hybridized carbons (Fsp3) is 0.100. The molecule has 0 amide bonds. The Morgan fingerprint density at radius 3 is 0.487 bits per heavy atom. The van der Waals surface area contributed by atoms with Crippen molar-refractivity contribution in [3.05, 3.63) is 208 Å². The Morgan fingerprint density at radius 1 is 0.308 bits per heavy atom. The molecule has 0 saturated heterocycles. The van der Waals surface area contributed by atoms with Gasteiger partial charge in [-0.25, -0.2) is 0 Å². The number of aromatic nitrogens is 18. The van der Waals surface area contributed by atoms with Gasteiger partial charge < -0.3 is 71.5 Å². The van der Waals surface area contributed by atoms with Gasteiger partial charge in [0.1, 0.15) is 0 Å². The van der Waals surface area contributed by atoms with Crippen molar-refractivity contribution >= 4 is 0 Å². The molecular formula is C40H36N22O14Zn2. The summed E-state index contributed by atoms with van der Waals surface area (Å²) in [5, 5.41) is 123. The molecule has 78 heavy (non-hydrogen) atoms. The van der Waals surface area contributed by atoms with Gasteiger partial charge in [-0.3, -0.25) is 29.9 Å². The first kappa shape index (κ1) is 69.8. The third-order valence-electron chi connectivity index (χ3n) is 6.96. The van der Waals surface area contributed by atoms with E-state index < -0.39 is 20.3 Å². The van der Waals surface area contributed by atoms with E-state index in [2.05, 4.69) is 91.1 Å². The van der Waals surface area contributed by atoms with Crippen LogP contribution in [0.5, 0.6) is 0 Å². The molecule has 0 unspecified atom stereocenters. The molecule has 0 aliphatic carbocycles. The van der Waals surface area contributed by atoms with E-state index in [1.807, 2.05) is 72.8 Å². The van der Waals surface area contributed by atoms with E-state index in [4.69, 9.17) is 71.5 Å². The summed E-state index contributed by atoms with van der Waals surface area (Å²) in [4.78, 5) is 57.0. The standard InChI is InChI=1S/3C12H8N6.2C2H6O.4NO3.2Zn/c3*1-3-9(7-13-5-1)11-15-17-12(18-16-11)10-4-2-6-14-8-10;2*1-2-3;4*2-1(3)4;;/h3*1-8H;2*3H,2H2,1H3;;;;;;/q;;;;;4*-1;2*+2. The van der Waals surface area contributed by atoms with Crippen molar-refractivity contribution in [1.82, 2.24) is 91.1 Å². The molecule has 0 atom stereocenters. The van der Waals surface area contributed by atoms with Crippen LogP contribution in [0.25, 0.3) is 68.3 Å². The van der Waals surface area contributed by atoms with Gasteiger partial charge in [-0.15, -0.1) is 61.2 Å². The predicted molar refractivity (Wildman–Crippen MR) is 259 cm³/mol. The van der Waals surface area contributed by atoms with Gasteiger partial charge in [0.2, 0.25) is 34.9 Å². The molecule has 0 spiro atoms. The largest absolute Gasteiger partial charge is 2.00 e. The first-order chi connectivity index (χ1) is 36.6. The van der Waals surface area contributed by atoms with Gasteiger partial charge in [0.15, 0.2) is 0 Å². The fourth-order valence-electron chi connectivity index (χ4n) is 4.35. The van der Waals surface area contributed by atoms with Crippen LogP contribution in [0.4, 0.5) is 0 Å². The second kappa shape index (κ2) is 43.1. The Kier molecular flexibility index (Phi) is 38.6. The van der Waals surface area contributed by atoms with Crippen molar-refractivity contribution in [2.45, 2.75) is 13.8 Å². The van der Waals surface area contributed by atoms with Crippen molar-refractivity contribution in [3.63, 3.8) is 0 Å². The van der Waals surface area contributed by atoms with Gasteiger partial charge in [0.25, 0.3) is 0 Å². The second-order valence-corrected chi connectivity index (χ2v) is 12.1. The van der Waals surface area contributed by atoms with E-state index in [-0.39, 0.29) is 52.2 Å². The summed E-state index contributed by atoms with van der Waals surface area (Å²) in [6.07, 6.45) is 20.1. The smallest absolute Gasteiger partial charge is 0.397 e. The summed E-state index contributed by atoms with van der Waals surface area (Å²) in [5.41, 5.74) is 4.72. The molecule has 9 aromatic rings. The normalized spacial score (nSPS) is 8.77. The zero-order valence-electron chi connectivity index (χ0n) is 40.3. The zero-order chi connectivity index (χ0) is 56.4. The van der Waals surface area contributed by atoms with E-state index in [1.165, 1.54) is 0 Å². The van der Waals surface area contributed by atoms with Crippen molar-refractivity contribution < 1.29 is 69.5 Å². The molecule has 0 bridgehead atoms.